The number of likely N-dealkylation sites (tertiary alicyclic amines) is 1. The molecule has 1 aliphatic carbocycles. The Labute approximate surface area is 100.0 Å². The first-order valence-corrected chi connectivity index (χ1v) is 6.67. The van der Waals surface area contributed by atoms with Crippen molar-refractivity contribution in [1.82, 2.24) is 9.80 Å². The number of piperidine rings is 1. The van der Waals surface area contributed by atoms with Crippen molar-refractivity contribution in [3.63, 3.8) is 0 Å². The van der Waals surface area contributed by atoms with Gasteiger partial charge >= 0.3 is 0 Å². The van der Waals surface area contributed by atoms with E-state index in [1.807, 2.05) is 0 Å². The lowest BCUT2D eigenvalue weighted by Crippen LogP contribution is -2.54. The summed E-state index contributed by atoms with van der Waals surface area (Å²) in [5.74, 6) is 0.784. The molecule has 1 saturated carbocycles. The Morgan fingerprint density at radius 1 is 1.31 bits per heavy atom. The summed E-state index contributed by atoms with van der Waals surface area (Å²) in [5, 5.41) is 0. The Morgan fingerprint density at radius 3 is 2.56 bits per heavy atom. The van der Waals surface area contributed by atoms with Crippen molar-refractivity contribution in [3.05, 3.63) is 0 Å². The van der Waals surface area contributed by atoms with Crippen LogP contribution in [0.5, 0.6) is 0 Å². The minimum atomic E-state index is 0.0498. The molecule has 1 saturated heterocycles. The van der Waals surface area contributed by atoms with E-state index in [0.717, 1.165) is 18.5 Å². The van der Waals surface area contributed by atoms with Gasteiger partial charge in [-0.3, -0.25) is 4.90 Å². The van der Waals surface area contributed by atoms with E-state index < -0.39 is 0 Å². The third kappa shape index (κ3) is 2.96. The SMILES string of the molecule is CN(C)C1CCCN(CC(C)(N)C2CC2)C1. The van der Waals surface area contributed by atoms with Gasteiger partial charge in [-0.2, -0.15) is 0 Å². The van der Waals surface area contributed by atoms with Crippen LogP contribution in [0.4, 0.5) is 0 Å². The molecule has 3 nitrogen and oxygen atoms in total. The Bertz CT molecular complexity index is 233. The topological polar surface area (TPSA) is 32.5 Å². The molecular formula is C13H27N3. The molecule has 0 aromatic carbocycles. The van der Waals surface area contributed by atoms with Crippen LogP contribution in [0.1, 0.15) is 32.6 Å². The van der Waals surface area contributed by atoms with Crippen molar-refractivity contribution in [3.8, 4) is 0 Å². The fourth-order valence-corrected chi connectivity index (χ4v) is 2.95. The van der Waals surface area contributed by atoms with Crippen LogP contribution in [0.3, 0.4) is 0 Å². The maximum Gasteiger partial charge on any atom is 0.0283 e. The predicted molar refractivity (Wildman–Crippen MR) is 68.5 cm³/mol. The molecule has 0 aromatic heterocycles. The van der Waals surface area contributed by atoms with Gasteiger partial charge in [0.05, 0.1) is 0 Å². The molecule has 1 heterocycles. The molecule has 2 unspecified atom stereocenters. The highest BCUT2D eigenvalue weighted by Gasteiger charge is 2.40. The first-order valence-electron chi connectivity index (χ1n) is 6.67. The Hall–Kier alpha value is -0.120. The van der Waals surface area contributed by atoms with Crippen LogP contribution in [0.15, 0.2) is 0 Å². The Morgan fingerprint density at radius 2 is 2.00 bits per heavy atom. The maximum atomic E-state index is 6.42. The molecule has 3 heteroatoms. The average Bonchev–Trinajstić information content (AvgIpc) is 3.00. The van der Waals surface area contributed by atoms with Gasteiger partial charge in [-0.25, -0.2) is 0 Å². The van der Waals surface area contributed by atoms with Crippen molar-refractivity contribution < 1.29 is 0 Å². The number of nitrogens with two attached hydrogens (primary N) is 1. The highest BCUT2D eigenvalue weighted by Crippen LogP contribution is 2.38. The summed E-state index contributed by atoms with van der Waals surface area (Å²) in [5.41, 5.74) is 6.47. The zero-order chi connectivity index (χ0) is 11.8. The van der Waals surface area contributed by atoms with E-state index >= 15 is 0 Å². The number of nitrogens with zero attached hydrogens (tertiary/aromatic N) is 2. The van der Waals surface area contributed by atoms with Gasteiger partial charge in [-0.05, 0) is 59.2 Å². The standard InChI is InChI=1S/C13H27N3/c1-13(14,11-6-7-11)10-16-8-4-5-12(9-16)15(2)3/h11-12H,4-10,14H2,1-3H3. The molecule has 2 N–H and O–H groups in total. The highest BCUT2D eigenvalue weighted by molar-refractivity contribution is 4.98. The lowest BCUT2D eigenvalue weighted by Gasteiger charge is -2.40. The van der Waals surface area contributed by atoms with E-state index in [0.29, 0.717) is 0 Å². The third-order valence-corrected chi connectivity index (χ3v) is 4.29. The van der Waals surface area contributed by atoms with Crippen LogP contribution < -0.4 is 5.73 Å². The van der Waals surface area contributed by atoms with Gasteiger partial charge in [-0.1, -0.05) is 0 Å². The molecule has 0 spiro atoms. The quantitative estimate of drug-likeness (QED) is 0.779. The van der Waals surface area contributed by atoms with E-state index in [4.69, 9.17) is 5.73 Å². The third-order valence-electron chi connectivity index (χ3n) is 4.29. The minimum absolute atomic E-state index is 0.0498. The minimum Gasteiger partial charge on any atom is -0.324 e. The number of hydrogen-bond acceptors (Lipinski definition) is 3. The zero-order valence-electron chi connectivity index (χ0n) is 11.1. The van der Waals surface area contributed by atoms with Crippen molar-refractivity contribution in [2.24, 2.45) is 11.7 Å². The van der Waals surface area contributed by atoms with Crippen LogP contribution >= 0.6 is 0 Å². The lowest BCUT2D eigenvalue weighted by atomic mass is 9.94. The Kier molecular flexibility index (Phi) is 3.57. The van der Waals surface area contributed by atoms with Gasteiger partial charge in [0.1, 0.15) is 0 Å². The van der Waals surface area contributed by atoms with E-state index in [-0.39, 0.29) is 5.54 Å². The van der Waals surface area contributed by atoms with Crippen molar-refractivity contribution in [1.29, 1.82) is 0 Å². The summed E-state index contributed by atoms with van der Waals surface area (Å²) < 4.78 is 0. The first-order chi connectivity index (χ1) is 7.49. The fraction of sp³-hybridized carbons (Fsp3) is 1.00. The van der Waals surface area contributed by atoms with Gasteiger partial charge in [0.15, 0.2) is 0 Å². The summed E-state index contributed by atoms with van der Waals surface area (Å²) in [6.07, 6.45) is 5.35. The molecule has 16 heavy (non-hydrogen) atoms. The molecule has 2 atom stereocenters. The first kappa shape index (κ1) is 12.3. The zero-order valence-corrected chi connectivity index (χ0v) is 11.1. The van der Waals surface area contributed by atoms with Crippen LogP contribution in [-0.2, 0) is 0 Å². The number of rotatable bonds is 4. The molecule has 1 aliphatic heterocycles. The molecule has 2 rings (SSSR count). The fourth-order valence-electron chi connectivity index (χ4n) is 2.95. The summed E-state index contributed by atoms with van der Waals surface area (Å²) in [4.78, 5) is 4.93. The van der Waals surface area contributed by atoms with Crippen LogP contribution in [-0.4, -0.2) is 55.1 Å². The molecule has 0 radical (unpaired) electrons. The van der Waals surface area contributed by atoms with Crippen LogP contribution in [0.2, 0.25) is 0 Å². The highest BCUT2D eigenvalue weighted by atomic mass is 15.2. The second-order valence-electron chi connectivity index (χ2n) is 6.27. The van der Waals surface area contributed by atoms with Gasteiger partial charge in [-0.15, -0.1) is 0 Å². The van der Waals surface area contributed by atoms with Crippen molar-refractivity contribution in [2.75, 3.05) is 33.7 Å². The van der Waals surface area contributed by atoms with Gasteiger partial charge in [0.25, 0.3) is 0 Å². The second-order valence-corrected chi connectivity index (χ2v) is 6.27. The number of hydrogen-bond donors (Lipinski definition) is 1. The molecule has 2 fully saturated rings. The number of likely N-dealkylation sites (N-methyl/N-ethyl adjacent to an activating group) is 1. The molecule has 0 aromatic rings. The van der Waals surface area contributed by atoms with Crippen molar-refractivity contribution in [2.45, 2.75) is 44.2 Å². The molecule has 2 aliphatic rings. The molecular weight excluding hydrogens is 198 g/mol. The summed E-state index contributed by atoms with van der Waals surface area (Å²) >= 11 is 0. The van der Waals surface area contributed by atoms with E-state index in [9.17, 15) is 0 Å². The van der Waals surface area contributed by atoms with E-state index in [1.54, 1.807) is 0 Å². The van der Waals surface area contributed by atoms with Gasteiger partial charge < -0.3 is 10.6 Å². The van der Waals surface area contributed by atoms with Gasteiger partial charge in [0, 0.05) is 24.7 Å². The van der Waals surface area contributed by atoms with Crippen LogP contribution in [0.25, 0.3) is 0 Å². The predicted octanol–water partition coefficient (Wildman–Crippen LogP) is 1.14. The maximum absolute atomic E-state index is 6.42. The monoisotopic (exact) mass is 225 g/mol. The van der Waals surface area contributed by atoms with E-state index in [1.165, 1.54) is 38.8 Å². The lowest BCUT2D eigenvalue weighted by molar-refractivity contribution is 0.109. The summed E-state index contributed by atoms with van der Waals surface area (Å²) in [6, 6.07) is 0.726. The average molecular weight is 225 g/mol. The van der Waals surface area contributed by atoms with Crippen molar-refractivity contribution >= 4 is 0 Å². The van der Waals surface area contributed by atoms with Crippen LogP contribution in [0, 0.1) is 5.92 Å². The largest absolute Gasteiger partial charge is 0.324 e. The second kappa shape index (κ2) is 4.63. The normalized spacial score (nSPS) is 31.7. The van der Waals surface area contributed by atoms with Gasteiger partial charge in [0.2, 0.25) is 0 Å². The summed E-state index contributed by atoms with van der Waals surface area (Å²) in [7, 11) is 4.38. The smallest absolute Gasteiger partial charge is 0.0283 e. The summed E-state index contributed by atoms with van der Waals surface area (Å²) in [6.45, 7) is 5.77. The van der Waals surface area contributed by atoms with E-state index in [2.05, 4.69) is 30.8 Å². The molecule has 0 amide bonds. The molecule has 94 valence electrons. The Balaban J connectivity index is 1.84. The molecule has 0 bridgehead atoms.